The van der Waals surface area contributed by atoms with Gasteiger partial charge in [0.1, 0.15) is 0 Å². The zero-order chi connectivity index (χ0) is 18.0. The minimum Gasteiger partial charge on any atom is -0.400 e. The molecule has 1 heterocycles. The van der Waals surface area contributed by atoms with Crippen molar-refractivity contribution in [1.82, 2.24) is 9.78 Å². The Bertz CT molecular complexity index is 982. The van der Waals surface area contributed by atoms with E-state index in [1.807, 2.05) is 44.2 Å². The Labute approximate surface area is 155 Å². The molecule has 0 spiro atoms. The summed E-state index contributed by atoms with van der Waals surface area (Å²) in [7, 11) is 1.59. The van der Waals surface area contributed by atoms with E-state index in [1.165, 1.54) is 29.7 Å². The second kappa shape index (κ2) is 7.11. The molecule has 0 saturated carbocycles. The van der Waals surface area contributed by atoms with E-state index in [4.69, 9.17) is 14.9 Å². The molecule has 0 N–H and O–H groups in total. The largest absolute Gasteiger partial charge is 0.400 e. The first kappa shape index (κ1) is 17.8. The molecule has 1 aromatic heterocycles. The van der Waals surface area contributed by atoms with Crippen molar-refractivity contribution < 1.29 is 12.6 Å². The summed E-state index contributed by atoms with van der Waals surface area (Å²) in [5.41, 5.74) is 2.64. The molecule has 0 saturated heterocycles. The van der Waals surface area contributed by atoms with Gasteiger partial charge in [-0.15, -0.1) is 0 Å². The van der Waals surface area contributed by atoms with Crippen molar-refractivity contribution in [1.29, 1.82) is 0 Å². The van der Waals surface area contributed by atoms with Crippen LogP contribution in [0.2, 0.25) is 0 Å². The van der Waals surface area contributed by atoms with Crippen molar-refractivity contribution in [2.45, 2.75) is 23.6 Å². The molecule has 0 fully saturated rings. The number of rotatable bonds is 5. The van der Waals surface area contributed by atoms with Crippen LogP contribution < -0.4 is 4.18 Å². The first-order valence-electron chi connectivity index (χ1n) is 7.36. The average molecular weight is 395 g/mol. The molecule has 0 aliphatic rings. The molecule has 3 aromatic rings. The normalized spacial score (nSPS) is 11.5. The van der Waals surface area contributed by atoms with Crippen molar-refractivity contribution in [3.8, 4) is 11.6 Å². The monoisotopic (exact) mass is 394 g/mol. The van der Waals surface area contributed by atoms with E-state index >= 15 is 0 Å². The van der Waals surface area contributed by atoms with Gasteiger partial charge in [-0.2, -0.15) is 9.78 Å². The highest BCUT2D eigenvalue weighted by Gasteiger charge is 2.13. The Morgan fingerprint density at radius 1 is 1.04 bits per heavy atom. The van der Waals surface area contributed by atoms with E-state index in [0.717, 1.165) is 10.6 Å². The highest BCUT2D eigenvalue weighted by Crippen LogP contribution is 2.27. The SMILES string of the molecule is Cc1ccc(SOc2cc(C)nn2-c2ccc(S(=O)(=O)Cl)cc2)cc1. The van der Waals surface area contributed by atoms with Crippen molar-refractivity contribution in [2.75, 3.05) is 0 Å². The van der Waals surface area contributed by atoms with Gasteiger partial charge in [0.05, 0.1) is 28.3 Å². The number of hydrogen-bond donors (Lipinski definition) is 0. The van der Waals surface area contributed by atoms with Crippen LogP contribution in [-0.4, -0.2) is 18.2 Å². The molecule has 0 unspecified atom stereocenters. The van der Waals surface area contributed by atoms with Gasteiger partial charge >= 0.3 is 0 Å². The smallest absolute Gasteiger partial charge is 0.261 e. The molecule has 3 rings (SSSR count). The molecule has 0 aliphatic heterocycles. The summed E-state index contributed by atoms with van der Waals surface area (Å²) in [4.78, 5) is 1.01. The Morgan fingerprint density at radius 3 is 2.28 bits per heavy atom. The van der Waals surface area contributed by atoms with Gasteiger partial charge in [0, 0.05) is 21.6 Å². The summed E-state index contributed by atoms with van der Waals surface area (Å²) in [6.07, 6.45) is 0. The standard InChI is InChI=1S/C17H15ClN2O3S2/c1-12-3-7-15(8-4-12)24-23-17-11-13(2)19-20(17)14-5-9-16(10-6-14)25(18,21)22/h3-11H,1-2H3. The second-order valence-corrected chi connectivity index (χ2v) is 8.82. The van der Waals surface area contributed by atoms with Crippen molar-refractivity contribution >= 4 is 31.8 Å². The first-order valence-corrected chi connectivity index (χ1v) is 10.4. The van der Waals surface area contributed by atoms with Crippen LogP contribution in [0.25, 0.3) is 5.69 Å². The summed E-state index contributed by atoms with van der Waals surface area (Å²) < 4.78 is 30.1. The van der Waals surface area contributed by atoms with Gasteiger partial charge in [0.2, 0.25) is 5.88 Å². The predicted molar refractivity (Wildman–Crippen MR) is 99.0 cm³/mol. The molecule has 8 heteroatoms. The van der Waals surface area contributed by atoms with Crippen LogP contribution in [0.3, 0.4) is 0 Å². The first-order chi connectivity index (χ1) is 11.8. The second-order valence-electron chi connectivity index (χ2n) is 5.45. The third-order valence-corrected chi connectivity index (χ3v) is 5.49. The Kier molecular flexibility index (Phi) is 5.08. The maximum atomic E-state index is 11.4. The molecule has 0 bridgehead atoms. The molecule has 2 aromatic carbocycles. The van der Waals surface area contributed by atoms with E-state index < -0.39 is 9.05 Å². The van der Waals surface area contributed by atoms with Gasteiger partial charge in [-0.05, 0) is 50.2 Å². The molecule has 0 radical (unpaired) electrons. The fourth-order valence-corrected chi connectivity index (χ4v) is 3.47. The lowest BCUT2D eigenvalue weighted by Crippen LogP contribution is -2.00. The lowest BCUT2D eigenvalue weighted by Gasteiger charge is -2.08. The van der Waals surface area contributed by atoms with Crippen LogP contribution in [0.4, 0.5) is 0 Å². The van der Waals surface area contributed by atoms with E-state index in [-0.39, 0.29) is 4.90 Å². The van der Waals surface area contributed by atoms with Crippen molar-refractivity contribution in [2.24, 2.45) is 0 Å². The van der Waals surface area contributed by atoms with Crippen molar-refractivity contribution in [3.05, 3.63) is 65.9 Å². The van der Waals surface area contributed by atoms with Crippen LogP contribution in [0.15, 0.2) is 64.4 Å². The molecule has 0 amide bonds. The van der Waals surface area contributed by atoms with Gasteiger partial charge in [0.25, 0.3) is 9.05 Å². The number of aryl methyl sites for hydroxylation is 2. The Hall–Kier alpha value is -1.96. The number of hydrogen-bond acceptors (Lipinski definition) is 5. The molecule has 0 atom stereocenters. The van der Waals surface area contributed by atoms with Crippen LogP contribution in [0, 0.1) is 13.8 Å². The molecule has 5 nitrogen and oxygen atoms in total. The van der Waals surface area contributed by atoms with Crippen LogP contribution in [0.1, 0.15) is 11.3 Å². The minimum absolute atomic E-state index is 0.0401. The maximum absolute atomic E-state index is 11.4. The lowest BCUT2D eigenvalue weighted by atomic mass is 10.2. The van der Waals surface area contributed by atoms with Gasteiger partial charge in [-0.3, -0.25) is 0 Å². The fourth-order valence-electron chi connectivity index (χ4n) is 2.15. The minimum atomic E-state index is -3.75. The van der Waals surface area contributed by atoms with Gasteiger partial charge in [0.15, 0.2) is 0 Å². The van der Waals surface area contributed by atoms with Crippen LogP contribution >= 0.6 is 22.7 Å². The third kappa shape index (κ3) is 4.36. The van der Waals surface area contributed by atoms with Gasteiger partial charge in [-0.1, -0.05) is 17.7 Å². The third-order valence-electron chi connectivity index (χ3n) is 3.41. The van der Waals surface area contributed by atoms with Crippen molar-refractivity contribution in [3.63, 3.8) is 0 Å². The number of nitrogens with zero attached hydrogens (tertiary/aromatic N) is 2. The predicted octanol–water partition coefficient (Wildman–Crippen LogP) is 4.50. The maximum Gasteiger partial charge on any atom is 0.261 e. The van der Waals surface area contributed by atoms with E-state index in [1.54, 1.807) is 16.8 Å². The summed E-state index contributed by atoms with van der Waals surface area (Å²) in [5.74, 6) is 0.546. The van der Waals surface area contributed by atoms with Crippen LogP contribution in [-0.2, 0) is 9.05 Å². The van der Waals surface area contributed by atoms with Gasteiger partial charge in [-0.25, -0.2) is 8.42 Å². The summed E-state index contributed by atoms with van der Waals surface area (Å²) in [6, 6.07) is 15.9. The summed E-state index contributed by atoms with van der Waals surface area (Å²) in [5, 5.41) is 4.40. The zero-order valence-electron chi connectivity index (χ0n) is 13.5. The average Bonchev–Trinajstić information content (AvgIpc) is 2.94. The molecule has 130 valence electrons. The fraction of sp³-hybridized carbons (Fsp3) is 0.118. The highest BCUT2D eigenvalue weighted by atomic mass is 35.7. The van der Waals surface area contributed by atoms with E-state index in [2.05, 4.69) is 5.10 Å². The molecular formula is C17H15ClN2O3S2. The topological polar surface area (TPSA) is 61.2 Å². The highest BCUT2D eigenvalue weighted by molar-refractivity contribution is 8.13. The molecular weight excluding hydrogens is 380 g/mol. The number of aromatic nitrogens is 2. The Balaban J connectivity index is 1.84. The number of halogens is 1. The van der Waals surface area contributed by atoms with E-state index in [9.17, 15) is 8.42 Å². The zero-order valence-corrected chi connectivity index (χ0v) is 15.9. The van der Waals surface area contributed by atoms with E-state index in [0.29, 0.717) is 11.6 Å². The lowest BCUT2D eigenvalue weighted by molar-refractivity contribution is 0.579. The van der Waals surface area contributed by atoms with Crippen LogP contribution in [0.5, 0.6) is 5.88 Å². The summed E-state index contributed by atoms with van der Waals surface area (Å²) in [6.45, 7) is 3.88. The van der Waals surface area contributed by atoms with Gasteiger partial charge < -0.3 is 4.18 Å². The summed E-state index contributed by atoms with van der Waals surface area (Å²) >= 11 is 1.23. The molecule has 0 aliphatic carbocycles. The molecule has 25 heavy (non-hydrogen) atoms. The quantitative estimate of drug-likeness (QED) is 0.471. The Morgan fingerprint density at radius 2 is 1.68 bits per heavy atom. The number of benzene rings is 2.